The topological polar surface area (TPSA) is 79.3 Å². The van der Waals surface area contributed by atoms with Crippen LogP contribution < -0.4 is 0 Å². The van der Waals surface area contributed by atoms with Gasteiger partial charge in [-0.25, -0.2) is 9.59 Å². The number of aliphatic hydroxyl groups excluding tert-OH is 1. The molecule has 0 aromatic heterocycles. The van der Waals surface area contributed by atoms with E-state index in [0.29, 0.717) is 13.1 Å². The second kappa shape index (κ2) is 6.43. The van der Waals surface area contributed by atoms with Crippen molar-refractivity contribution in [2.75, 3.05) is 19.7 Å². The van der Waals surface area contributed by atoms with E-state index in [1.165, 1.54) is 0 Å². The highest BCUT2D eigenvalue weighted by molar-refractivity contribution is 5.72. The third kappa shape index (κ3) is 4.75. The van der Waals surface area contributed by atoms with E-state index in [1.807, 2.05) is 41.5 Å². The van der Waals surface area contributed by atoms with Gasteiger partial charge in [0.25, 0.3) is 0 Å². The van der Waals surface area contributed by atoms with Crippen LogP contribution in [0.25, 0.3) is 0 Å². The highest BCUT2D eigenvalue weighted by Gasteiger charge is 2.53. The summed E-state index contributed by atoms with van der Waals surface area (Å²) in [5, 5.41) is 9.62. The summed E-state index contributed by atoms with van der Waals surface area (Å²) in [5.74, 6) is -0.210. The van der Waals surface area contributed by atoms with Crippen molar-refractivity contribution in [1.29, 1.82) is 0 Å². The van der Waals surface area contributed by atoms with Gasteiger partial charge in [0.15, 0.2) is 0 Å². The molecule has 1 aliphatic carbocycles. The van der Waals surface area contributed by atoms with Crippen LogP contribution in [0.3, 0.4) is 0 Å². The first-order valence-electron chi connectivity index (χ1n) is 8.51. The number of amides is 2. The molecule has 0 aromatic carbocycles. The number of carbonyl (C=O) groups excluding carboxylic acids is 2. The van der Waals surface area contributed by atoms with Crippen molar-refractivity contribution < 1.29 is 24.2 Å². The van der Waals surface area contributed by atoms with Crippen molar-refractivity contribution in [2.45, 2.75) is 71.2 Å². The summed E-state index contributed by atoms with van der Waals surface area (Å²) in [7, 11) is 0. The molecule has 0 spiro atoms. The lowest BCUT2D eigenvalue weighted by atomic mass is 10.1. The van der Waals surface area contributed by atoms with Crippen molar-refractivity contribution in [3.8, 4) is 0 Å². The molecular formula is C17H30N2O5. The average Bonchev–Trinajstić information content (AvgIpc) is 3.13. The molecule has 2 amide bonds. The van der Waals surface area contributed by atoms with Gasteiger partial charge in [-0.3, -0.25) is 0 Å². The lowest BCUT2D eigenvalue weighted by Gasteiger charge is -2.29. The largest absolute Gasteiger partial charge is 0.444 e. The van der Waals surface area contributed by atoms with Crippen molar-refractivity contribution >= 4 is 12.2 Å². The molecule has 1 N–H and O–H groups in total. The van der Waals surface area contributed by atoms with Gasteiger partial charge in [-0.1, -0.05) is 0 Å². The minimum absolute atomic E-state index is 0.0658. The van der Waals surface area contributed by atoms with E-state index in [4.69, 9.17) is 9.47 Å². The van der Waals surface area contributed by atoms with E-state index in [0.717, 1.165) is 6.42 Å². The van der Waals surface area contributed by atoms with Crippen LogP contribution in [0.15, 0.2) is 0 Å². The summed E-state index contributed by atoms with van der Waals surface area (Å²) in [5.41, 5.74) is -1.15. The number of nitrogens with zero attached hydrogens (tertiary/aromatic N) is 2. The van der Waals surface area contributed by atoms with Gasteiger partial charge in [0, 0.05) is 25.6 Å². The molecule has 1 saturated carbocycles. The van der Waals surface area contributed by atoms with Crippen LogP contribution in [0.1, 0.15) is 48.0 Å². The minimum Gasteiger partial charge on any atom is -0.444 e. The van der Waals surface area contributed by atoms with Crippen LogP contribution >= 0.6 is 0 Å². The zero-order valence-electron chi connectivity index (χ0n) is 15.5. The van der Waals surface area contributed by atoms with Gasteiger partial charge in [0.1, 0.15) is 11.2 Å². The first-order valence-corrected chi connectivity index (χ1v) is 8.51. The van der Waals surface area contributed by atoms with Gasteiger partial charge >= 0.3 is 12.2 Å². The maximum atomic E-state index is 12.5. The maximum absolute atomic E-state index is 12.5. The van der Waals surface area contributed by atoms with Crippen molar-refractivity contribution in [3.05, 3.63) is 0 Å². The van der Waals surface area contributed by atoms with Gasteiger partial charge in [-0.15, -0.1) is 0 Å². The number of carbonyl (C=O) groups is 2. The molecule has 0 radical (unpaired) electrons. The summed E-state index contributed by atoms with van der Waals surface area (Å²) in [6.45, 7) is 11.6. The lowest BCUT2D eigenvalue weighted by molar-refractivity contribution is 0.0194. The molecule has 138 valence electrons. The normalized spacial score (nSPS) is 27.2. The summed E-state index contributed by atoms with van der Waals surface area (Å²) >= 11 is 0. The van der Waals surface area contributed by atoms with Crippen LogP contribution in [0, 0.1) is 5.92 Å². The molecular weight excluding hydrogens is 312 g/mol. The number of hydrogen-bond acceptors (Lipinski definition) is 5. The predicted octanol–water partition coefficient (Wildman–Crippen LogP) is 2.22. The molecule has 24 heavy (non-hydrogen) atoms. The molecule has 1 heterocycles. The molecule has 0 unspecified atom stereocenters. The third-order valence-corrected chi connectivity index (χ3v) is 3.95. The average molecular weight is 342 g/mol. The van der Waals surface area contributed by atoms with E-state index < -0.39 is 11.2 Å². The first-order chi connectivity index (χ1) is 10.9. The Morgan fingerprint density at radius 3 is 1.58 bits per heavy atom. The SMILES string of the molecule is CC(C)(C)OC(=O)N1C[C@@H](CO)CN(C(=O)OC(C)(C)C)[C@H]2C[C@H]21. The van der Waals surface area contributed by atoms with Crippen LogP contribution in [0.2, 0.25) is 0 Å². The molecule has 7 nitrogen and oxygen atoms in total. The smallest absolute Gasteiger partial charge is 0.410 e. The highest BCUT2D eigenvalue weighted by atomic mass is 16.6. The molecule has 3 atom stereocenters. The summed E-state index contributed by atoms with van der Waals surface area (Å²) in [4.78, 5) is 28.2. The zero-order valence-corrected chi connectivity index (χ0v) is 15.5. The third-order valence-electron chi connectivity index (χ3n) is 3.95. The maximum Gasteiger partial charge on any atom is 0.410 e. The van der Waals surface area contributed by atoms with Crippen molar-refractivity contribution in [2.24, 2.45) is 5.92 Å². The van der Waals surface area contributed by atoms with E-state index in [9.17, 15) is 14.7 Å². The monoisotopic (exact) mass is 342 g/mol. The quantitative estimate of drug-likeness (QED) is 0.790. The zero-order chi connectivity index (χ0) is 18.3. The fraction of sp³-hybridized carbons (Fsp3) is 0.882. The summed E-state index contributed by atoms with van der Waals surface area (Å²) < 4.78 is 10.9. The second-order valence-electron chi connectivity index (χ2n) is 8.68. The van der Waals surface area contributed by atoms with Crippen LogP contribution in [-0.2, 0) is 9.47 Å². The van der Waals surface area contributed by atoms with Crippen LogP contribution in [0.4, 0.5) is 9.59 Å². The number of aliphatic hydroxyl groups is 1. The lowest BCUT2D eigenvalue weighted by Crippen LogP contribution is -2.42. The van der Waals surface area contributed by atoms with Gasteiger partial charge in [0.05, 0.1) is 12.1 Å². The molecule has 7 heteroatoms. The van der Waals surface area contributed by atoms with Crippen molar-refractivity contribution in [1.82, 2.24) is 9.80 Å². The van der Waals surface area contributed by atoms with Gasteiger partial charge in [-0.05, 0) is 48.0 Å². The van der Waals surface area contributed by atoms with Crippen LogP contribution in [-0.4, -0.2) is 70.1 Å². The Balaban J connectivity index is 2.11. The first kappa shape index (κ1) is 18.8. The van der Waals surface area contributed by atoms with E-state index in [1.54, 1.807) is 9.80 Å². The summed E-state index contributed by atoms with van der Waals surface area (Å²) in [6, 6.07) is -0.132. The van der Waals surface area contributed by atoms with Crippen molar-refractivity contribution in [3.63, 3.8) is 0 Å². The number of fused-ring (bicyclic) bond motifs is 1. The Morgan fingerprint density at radius 1 is 0.917 bits per heavy atom. The summed E-state index contributed by atoms with van der Waals surface area (Å²) in [6.07, 6.45) is -0.0598. The molecule has 0 aromatic rings. The molecule has 2 aliphatic rings. The molecule has 2 rings (SSSR count). The van der Waals surface area contributed by atoms with Gasteiger partial charge < -0.3 is 24.4 Å². The second-order valence-corrected chi connectivity index (χ2v) is 8.68. The fourth-order valence-electron chi connectivity index (χ4n) is 2.90. The predicted molar refractivity (Wildman–Crippen MR) is 88.6 cm³/mol. The number of ether oxygens (including phenoxy) is 2. The molecule has 2 fully saturated rings. The van der Waals surface area contributed by atoms with Gasteiger partial charge in [0.2, 0.25) is 0 Å². The highest BCUT2D eigenvalue weighted by Crippen LogP contribution is 2.38. The van der Waals surface area contributed by atoms with E-state index >= 15 is 0 Å². The fourth-order valence-corrected chi connectivity index (χ4v) is 2.90. The van der Waals surface area contributed by atoms with Crippen LogP contribution in [0.5, 0.6) is 0 Å². The van der Waals surface area contributed by atoms with Gasteiger partial charge in [-0.2, -0.15) is 0 Å². The molecule has 1 saturated heterocycles. The number of rotatable bonds is 1. The molecule has 1 aliphatic heterocycles. The Kier molecular flexibility index (Phi) is 5.04. The Labute approximate surface area is 143 Å². The standard InChI is InChI=1S/C17H30N2O5/c1-16(2,3)23-14(21)18-8-11(10-20)9-19(13-7-12(13)18)15(22)24-17(4,5)6/h11-13,20H,7-10H2,1-6H3/t11-,12-,13+. The number of hydrogen-bond donors (Lipinski definition) is 1. The minimum atomic E-state index is -0.576. The Bertz CT molecular complexity index is 452. The Morgan fingerprint density at radius 2 is 1.29 bits per heavy atom. The van der Waals surface area contributed by atoms with E-state index in [2.05, 4.69) is 0 Å². The van der Waals surface area contributed by atoms with E-state index in [-0.39, 0.29) is 36.8 Å². The molecule has 0 bridgehead atoms. The Hall–Kier alpha value is -1.50.